The molecule has 0 aliphatic heterocycles. The molecule has 0 unspecified atom stereocenters. The van der Waals surface area contributed by atoms with Gasteiger partial charge in [-0.15, -0.1) is 0 Å². The Morgan fingerprint density at radius 2 is 2.00 bits per heavy atom. The first kappa shape index (κ1) is 8.93. The van der Waals surface area contributed by atoms with E-state index < -0.39 is 11.7 Å². The number of nitrogens with zero attached hydrogens (tertiary/aromatic N) is 2. The maximum absolute atomic E-state index is 12.2. The van der Waals surface area contributed by atoms with Crippen molar-refractivity contribution in [1.29, 1.82) is 0 Å². The summed E-state index contributed by atoms with van der Waals surface area (Å²) in [4.78, 5) is 7.31. The molecular weight excluding hydrogens is 193 g/mol. The van der Waals surface area contributed by atoms with E-state index in [2.05, 4.69) is 16.2 Å². The fourth-order valence-corrected chi connectivity index (χ4v) is 1.06. The van der Waals surface area contributed by atoms with Crippen molar-refractivity contribution in [3.05, 3.63) is 36.2 Å². The first-order valence-electron chi connectivity index (χ1n) is 3.77. The van der Waals surface area contributed by atoms with Gasteiger partial charge in [0.2, 0.25) is 0 Å². The zero-order valence-corrected chi connectivity index (χ0v) is 6.84. The van der Waals surface area contributed by atoms with Crippen molar-refractivity contribution >= 4 is 11.0 Å². The average molecular weight is 197 g/mol. The van der Waals surface area contributed by atoms with Crippen molar-refractivity contribution < 1.29 is 13.2 Å². The molecule has 0 amide bonds. The summed E-state index contributed by atoms with van der Waals surface area (Å²) in [7, 11) is 0. The van der Waals surface area contributed by atoms with Crippen LogP contribution in [0.4, 0.5) is 13.2 Å². The van der Waals surface area contributed by atoms with Gasteiger partial charge in [-0.2, -0.15) is 13.2 Å². The molecule has 0 aliphatic rings. The molecule has 0 N–H and O–H groups in total. The molecule has 2 aromatic rings. The van der Waals surface area contributed by atoms with Crippen molar-refractivity contribution in [1.82, 2.24) is 9.97 Å². The van der Waals surface area contributed by atoms with Gasteiger partial charge in [0.1, 0.15) is 0 Å². The Hall–Kier alpha value is -1.65. The molecule has 0 bridgehead atoms. The van der Waals surface area contributed by atoms with Crippen LogP contribution in [0.3, 0.4) is 0 Å². The Balaban J connectivity index is 2.63. The minimum atomic E-state index is -4.38. The van der Waals surface area contributed by atoms with Crippen molar-refractivity contribution in [2.45, 2.75) is 6.18 Å². The van der Waals surface area contributed by atoms with Crippen LogP contribution in [-0.2, 0) is 6.18 Å². The predicted molar refractivity (Wildman–Crippen MR) is 43.4 cm³/mol. The SMILES string of the molecule is FC(F)(F)c1cnc2cc[c]nc2c1. The number of aromatic nitrogens is 2. The van der Waals surface area contributed by atoms with Crippen LogP contribution in [0.15, 0.2) is 24.4 Å². The van der Waals surface area contributed by atoms with Crippen LogP contribution in [0.1, 0.15) is 5.56 Å². The van der Waals surface area contributed by atoms with Crippen LogP contribution in [0.2, 0.25) is 0 Å². The van der Waals surface area contributed by atoms with Crippen LogP contribution < -0.4 is 0 Å². The summed E-state index contributed by atoms with van der Waals surface area (Å²) < 4.78 is 36.7. The van der Waals surface area contributed by atoms with Crippen LogP contribution in [-0.4, -0.2) is 9.97 Å². The fourth-order valence-electron chi connectivity index (χ4n) is 1.06. The van der Waals surface area contributed by atoms with E-state index in [1.807, 2.05) is 0 Å². The molecule has 14 heavy (non-hydrogen) atoms. The number of hydrogen-bond acceptors (Lipinski definition) is 2. The molecule has 71 valence electrons. The van der Waals surface area contributed by atoms with Crippen LogP contribution in [0.5, 0.6) is 0 Å². The summed E-state index contributed by atoms with van der Waals surface area (Å²) in [6, 6.07) is 4.02. The maximum atomic E-state index is 12.2. The van der Waals surface area contributed by atoms with E-state index in [0.717, 1.165) is 12.3 Å². The molecule has 2 rings (SSSR count). The highest BCUT2D eigenvalue weighted by molar-refractivity contribution is 5.73. The van der Waals surface area contributed by atoms with Gasteiger partial charge in [0.25, 0.3) is 0 Å². The fraction of sp³-hybridized carbons (Fsp3) is 0.111. The molecule has 0 fully saturated rings. The van der Waals surface area contributed by atoms with E-state index in [4.69, 9.17) is 0 Å². The highest BCUT2D eigenvalue weighted by Crippen LogP contribution is 2.29. The highest BCUT2D eigenvalue weighted by Gasteiger charge is 2.31. The Morgan fingerprint density at radius 3 is 2.71 bits per heavy atom. The third-order valence-electron chi connectivity index (χ3n) is 1.73. The Labute approximate surface area is 77.4 Å². The first-order valence-corrected chi connectivity index (χ1v) is 3.77. The molecule has 2 aromatic heterocycles. The molecule has 0 atom stereocenters. The number of hydrogen-bond donors (Lipinski definition) is 0. The van der Waals surface area contributed by atoms with Crippen LogP contribution >= 0.6 is 0 Å². The summed E-state index contributed by atoms with van der Waals surface area (Å²) in [5, 5.41) is 0. The number of halogens is 3. The van der Waals surface area contributed by atoms with Gasteiger partial charge in [-0.1, -0.05) is 0 Å². The van der Waals surface area contributed by atoms with Crippen molar-refractivity contribution in [2.75, 3.05) is 0 Å². The minimum Gasteiger partial charge on any atom is -0.254 e. The molecule has 0 spiro atoms. The van der Waals surface area contributed by atoms with Gasteiger partial charge in [0.05, 0.1) is 22.8 Å². The van der Waals surface area contributed by atoms with Crippen LogP contribution in [0, 0.1) is 6.20 Å². The van der Waals surface area contributed by atoms with E-state index in [9.17, 15) is 13.2 Å². The standard InChI is InChI=1S/C9H4F3N2/c10-9(11,12)6-4-8-7(14-5-6)2-1-3-13-8/h1-2,4-5H. The topological polar surface area (TPSA) is 25.8 Å². The van der Waals surface area contributed by atoms with Gasteiger partial charge in [-0.3, -0.25) is 4.98 Å². The number of rotatable bonds is 0. The molecule has 0 saturated heterocycles. The van der Waals surface area contributed by atoms with E-state index in [1.54, 1.807) is 6.07 Å². The van der Waals surface area contributed by atoms with E-state index in [-0.39, 0.29) is 5.52 Å². The number of pyridine rings is 2. The van der Waals surface area contributed by atoms with Crippen molar-refractivity contribution in [3.8, 4) is 0 Å². The van der Waals surface area contributed by atoms with Gasteiger partial charge in [0.15, 0.2) is 0 Å². The predicted octanol–water partition coefficient (Wildman–Crippen LogP) is 2.45. The second kappa shape index (κ2) is 2.94. The lowest BCUT2D eigenvalue weighted by Gasteiger charge is -2.05. The second-order valence-corrected chi connectivity index (χ2v) is 2.70. The molecule has 0 aliphatic carbocycles. The van der Waals surface area contributed by atoms with E-state index >= 15 is 0 Å². The molecule has 0 aromatic carbocycles. The number of fused-ring (bicyclic) bond motifs is 1. The van der Waals surface area contributed by atoms with Gasteiger partial charge in [0, 0.05) is 6.20 Å². The Kier molecular flexibility index (Phi) is 1.87. The van der Waals surface area contributed by atoms with Gasteiger partial charge in [-0.25, -0.2) is 4.98 Å². The third-order valence-corrected chi connectivity index (χ3v) is 1.73. The van der Waals surface area contributed by atoms with Gasteiger partial charge >= 0.3 is 6.18 Å². The molecule has 5 heteroatoms. The smallest absolute Gasteiger partial charge is 0.254 e. The highest BCUT2D eigenvalue weighted by atomic mass is 19.4. The first-order chi connectivity index (χ1) is 6.57. The summed E-state index contributed by atoms with van der Waals surface area (Å²) in [6.07, 6.45) is -1.12. The Bertz CT molecular complexity index is 465. The summed E-state index contributed by atoms with van der Waals surface area (Å²) in [5.74, 6) is 0. The van der Waals surface area contributed by atoms with Crippen molar-refractivity contribution in [3.63, 3.8) is 0 Å². The van der Waals surface area contributed by atoms with Gasteiger partial charge < -0.3 is 0 Å². The quantitative estimate of drug-likeness (QED) is 0.648. The third kappa shape index (κ3) is 1.53. The lowest BCUT2D eigenvalue weighted by atomic mass is 10.2. The normalized spacial score (nSPS) is 11.9. The lowest BCUT2D eigenvalue weighted by Crippen LogP contribution is -2.05. The zero-order valence-electron chi connectivity index (χ0n) is 6.84. The van der Waals surface area contributed by atoms with Crippen LogP contribution in [0.25, 0.3) is 11.0 Å². The van der Waals surface area contributed by atoms with Crippen molar-refractivity contribution in [2.24, 2.45) is 0 Å². The summed E-state index contributed by atoms with van der Waals surface area (Å²) in [6.45, 7) is 0. The molecule has 1 radical (unpaired) electrons. The molecule has 2 nitrogen and oxygen atoms in total. The average Bonchev–Trinajstić information content (AvgIpc) is 2.16. The van der Waals surface area contributed by atoms with E-state index in [0.29, 0.717) is 5.52 Å². The zero-order chi connectivity index (χ0) is 10.2. The second-order valence-electron chi connectivity index (χ2n) is 2.70. The molecule has 0 saturated carbocycles. The summed E-state index contributed by atoms with van der Waals surface area (Å²) in [5.41, 5.74) is -0.170. The Morgan fingerprint density at radius 1 is 1.21 bits per heavy atom. The maximum Gasteiger partial charge on any atom is 0.417 e. The molecular formula is C9H4F3N2. The largest absolute Gasteiger partial charge is 0.417 e. The molecule has 2 heterocycles. The lowest BCUT2D eigenvalue weighted by molar-refractivity contribution is -0.137. The van der Waals surface area contributed by atoms with Gasteiger partial charge in [-0.05, 0) is 18.2 Å². The summed E-state index contributed by atoms with van der Waals surface area (Å²) >= 11 is 0. The van der Waals surface area contributed by atoms with E-state index in [1.165, 1.54) is 6.07 Å². The minimum absolute atomic E-state index is 0.197. The monoisotopic (exact) mass is 197 g/mol. The number of alkyl halides is 3.